The third-order valence-corrected chi connectivity index (χ3v) is 3.26. The fourth-order valence-electron chi connectivity index (χ4n) is 2.47. The summed E-state index contributed by atoms with van der Waals surface area (Å²) in [7, 11) is 3.68. The largest absolute Gasteiger partial charge is 0.311 e. The Morgan fingerprint density at radius 1 is 1.18 bits per heavy atom. The van der Waals surface area contributed by atoms with Gasteiger partial charge < -0.3 is 4.57 Å². The van der Waals surface area contributed by atoms with Gasteiger partial charge in [-0.1, -0.05) is 18.2 Å². The molecule has 86 valence electrons. The van der Waals surface area contributed by atoms with Crippen molar-refractivity contribution in [1.82, 2.24) is 14.3 Å². The van der Waals surface area contributed by atoms with Gasteiger partial charge in [0.05, 0.1) is 22.1 Å². The molecule has 0 atom stereocenters. The Morgan fingerprint density at radius 2 is 1.88 bits per heavy atom. The molecule has 3 rings (SSSR count). The molecule has 4 heteroatoms. The molecule has 17 heavy (non-hydrogen) atoms. The number of fused-ring (bicyclic) bond motifs is 3. The second kappa shape index (κ2) is 3.20. The van der Waals surface area contributed by atoms with Crippen LogP contribution in [0.1, 0.15) is 5.69 Å². The van der Waals surface area contributed by atoms with Gasteiger partial charge in [0.2, 0.25) is 0 Å². The highest BCUT2D eigenvalue weighted by Crippen LogP contribution is 2.23. The van der Waals surface area contributed by atoms with Crippen LogP contribution >= 0.6 is 0 Å². The predicted octanol–water partition coefficient (Wildman–Crippen LogP) is 1.73. The van der Waals surface area contributed by atoms with Crippen molar-refractivity contribution < 1.29 is 0 Å². The monoisotopic (exact) mass is 227 g/mol. The van der Waals surface area contributed by atoms with Gasteiger partial charge in [0.15, 0.2) is 0 Å². The van der Waals surface area contributed by atoms with E-state index in [9.17, 15) is 4.79 Å². The Bertz CT molecular complexity index is 796. The lowest BCUT2D eigenvalue weighted by Gasteiger charge is -2.06. The molecule has 0 amide bonds. The fourth-order valence-corrected chi connectivity index (χ4v) is 2.47. The molecule has 2 aromatic heterocycles. The van der Waals surface area contributed by atoms with E-state index in [0.29, 0.717) is 5.39 Å². The van der Waals surface area contributed by atoms with Gasteiger partial charge in [-0.15, -0.1) is 0 Å². The minimum Gasteiger partial charge on any atom is -0.311 e. The van der Waals surface area contributed by atoms with Crippen LogP contribution in [0.3, 0.4) is 0 Å². The number of hydrogen-bond donors (Lipinski definition) is 0. The molecule has 2 heterocycles. The SMILES string of the molecule is Cc1nn(C)c2c1c(=O)n(C)c1ccccc21. The van der Waals surface area contributed by atoms with E-state index in [1.807, 2.05) is 38.2 Å². The zero-order valence-electron chi connectivity index (χ0n) is 10.1. The summed E-state index contributed by atoms with van der Waals surface area (Å²) in [4.78, 5) is 12.3. The van der Waals surface area contributed by atoms with Crippen LogP contribution < -0.4 is 5.56 Å². The molecule has 4 nitrogen and oxygen atoms in total. The molecule has 3 aromatic rings. The normalized spacial score (nSPS) is 11.5. The molecule has 0 saturated heterocycles. The zero-order chi connectivity index (χ0) is 12.2. The summed E-state index contributed by atoms with van der Waals surface area (Å²) in [5.74, 6) is 0. The Hall–Kier alpha value is -2.10. The van der Waals surface area contributed by atoms with Crippen molar-refractivity contribution in [1.29, 1.82) is 0 Å². The molecule has 0 N–H and O–H groups in total. The van der Waals surface area contributed by atoms with Crippen LogP contribution in [0, 0.1) is 6.92 Å². The first-order valence-electron chi connectivity index (χ1n) is 5.52. The Labute approximate surface area is 98.1 Å². The van der Waals surface area contributed by atoms with Gasteiger partial charge in [-0.25, -0.2) is 0 Å². The third-order valence-electron chi connectivity index (χ3n) is 3.26. The highest BCUT2D eigenvalue weighted by molar-refractivity contribution is 6.04. The minimum atomic E-state index is 0.0179. The third kappa shape index (κ3) is 1.18. The second-order valence-corrected chi connectivity index (χ2v) is 4.31. The fraction of sp³-hybridized carbons (Fsp3) is 0.231. The average Bonchev–Trinajstić information content (AvgIpc) is 2.62. The maximum absolute atomic E-state index is 12.3. The molecular formula is C13H13N3O. The van der Waals surface area contributed by atoms with E-state index in [4.69, 9.17) is 0 Å². The summed E-state index contributed by atoms with van der Waals surface area (Å²) in [6, 6.07) is 7.90. The van der Waals surface area contributed by atoms with E-state index >= 15 is 0 Å². The van der Waals surface area contributed by atoms with Crippen molar-refractivity contribution >= 4 is 21.8 Å². The lowest BCUT2D eigenvalue weighted by atomic mass is 10.1. The van der Waals surface area contributed by atoms with Crippen LogP contribution in [0.4, 0.5) is 0 Å². The molecule has 0 aliphatic heterocycles. The van der Waals surface area contributed by atoms with Crippen molar-refractivity contribution in [3.05, 3.63) is 40.3 Å². The Morgan fingerprint density at radius 3 is 2.65 bits per heavy atom. The van der Waals surface area contributed by atoms with Crippen LogP contribution in [0.25, 0.3) is 21.8 Å². The summed E-state index contributed by atoms with van der Waals surface area (Å²) in [6.07, 6.45) is 0. The second-order valence-electron chi connectivity index (χ2n) is 4.31. The molecule has 0 aliphatic carbocycles. The molecule has 0 saturated carbocycles. The minimum absolute atomic E-state index is 0.0179. The van der Waals surface area contributed by atoms with Crippen molar-refractivity contribution in [2.24, 2.45) is 14.1 Å². The lowest BCUT2D eigenvalue weighted by molar-refractivity contribution is 0.785. The van der Waals surface area contributed by atoms with Crippen molar-refractivity contribution in [2.45, 2.75) is 6.92 Å². The number of benzene rings is 1. The van der Waals surface area contributed by atoms with E-state index in [1.165, 1.54) is 0 Å². The topological polar surface area (TPSA) is 39.8 Å². The first-order chi connectivity index (χ1) is 8.11. The predicted molar refractivity (Wildman–Crippen MR) is 68.2 cm³/mol. The Balaban J connectivity index is 2.78. The summed E-state index contributed by atoms with van der Waals surface area (Å²) in [6.45, 7) is 1.87. The molecule has 0 unspecified atom stereocenters. The molecule has 0 fully saturated rings. The van der Waals surface area contributed by atoms with Gasteiger partial charge >= 0.3 is 0 Å². The highest BCUT2D eigenvalue weighted by Gasteiger charge is 2.14. The van der Waals surface area contributed by atoms with Crippen molar-refractivity contribution in [3.63, 3.8) is 0 Å². The van der Waals surface area contributed by atoms with Crippen LogP contribution in [-0.4, -0.2) is 14.3 Å². The summed E-state index contributed by atoms with van der Waals surface area (Å²) in [5.41, 5.74) is 2.66. The number of pyridine rings is 1. The van der Waals surface area contributed by atoms with Crippen LogP contribution in [-0.2, 0) is 14.1 Å². The van der Waals surface area contributed by atoms with Gasteiger partial charge in [-0.2, -0.15) is 5.10 Å². The first-order valence-corrected chi connectivity index (χ1v) is 5.52. The maximum Gasteiger partial charge on any atom is 0.262 e. The standard InChI is InChI=1S/C13H13N3O/c1-8-11-12(16(3)14-8)9-6-4-5-7-10(9)15(2)13(11)17/h4-7H,1-3H3. The van der Waals surface area contributed by atoms with Crippen molar-refractivity contribution in [3.8, 4) is 0 Å². The summed E-state index contributed by atoms with van der Waals surface area (Å²) >= 11 is 0. The smallest absolute Gasteiger partial charge is 0.262 e. The number of aromatic nitrogens is 3. The average molecular weight is 227 g/mol. The molecule has 0 aliphatic rings. The number of nitrogens with zero attached hydrogens (tertiary/aromatic N) is 3. The van der Waals surface area contributed by atoms with Gasteiger partial charge in [0, 0.05) is 19.5 Å². The van der Waals surface area contributed by atoms with E-state index in [0.717, 1.165) is 22.1 Å². The van der Waals surface area contributed by atoms with Crippen LogP contribution in [0.15, 0.2) is 29.1 Å². The number of rotatable bonds is 0. The van der Waals surface area contributed by atoms with Gasteiger partial charge in [0.25, 0.3) is 5.56 Å². The quantitative estimate of drug-likeness (QED) is 0.587. The van der Waals surface area contributed by atoms with Gasteiger partial charge in [-0.3, -0.25) is 9.48 Å². The van der Waals surface area contributed by atoms with E-state index in [1.54, 1.807) is 16.3 Å². The molecule has 1 aromatic carbocycles. The van der Waals surface area contributed by atoms with Crippen LogP contribution in [0.5, 0.6) is 0 Å². The summed E-state index contributed by atoms with van der Waals surface area (Å²) < 4.78 is 3.47. The van der Waals surface area contributed by atoms with Crippen molar-refractivity contribution in [2.75, 3.05) is 0 Å². The number of para-hydroxylation sites is 1. The van der Waals surface area contributed by atoms with E-state index in [-0.39, 0.29) is 5.56 Å². The Kier molecular flexibility index (Phi) is 1.90. The molecule has 0 radical (unpaired) electrons. The van der Waals surface area contributed by atoms with Gasteiger partial charge in [-0.05, 0) is 13.0 Å². The number of hydrogen-bond acceptors (Lipinski definition) is 2. The first kappa shape index (κ1) is 10.1. The lowest BCUT2D eigenvalue weighted by Crippen LogP contribution is -2.17. The van der Waals surface area contributed by atoms with E-state index in [2.05, 4.69) is 5.10 Å². The molecular weight excluding hydrogens is 214 g/mol. The van der Waals surface area contributed by atoms with Gasteiger partial charge in [0.1, 0.15) is 0 Å². The maximum atomic E-state index is 12.3. The highest BCUT2D eigenvalue weighted by atomic mass is 16.1. The molecule has 0 bridgehead atoms. The van der Waals surface area contributed by atoms with Crippen LogP contribution in [0.2, 0.25) is 0 Å². The van der Waals surface area contributed by atoms with E-state index < -0.39 is 0 Å². The zero-order valence-corrected chi connectivity index (χ0v) is 10.1. The molecule has 0 spiro atoms. The number of aryl methyl sites for hydroxylation is 3. The summed E-state index contributed by atoms with van der Waals surface area (Å²) in [5, 5.41) is 6.12.